The van der Waals surface area contributed by atoms with Gasteiger partial charge in [-0.1, -0.05) is 0 Å². The number of nitrogen functional groups attached to an aromatic ring is 1. The zero-order valence-electron chi connectivity index (χ0n) is 10.4. The molecular weight excluding hydrogens is 266 g/mol. The molecule has 2 heterocycles. The number of hydrogen-bond donors (Lipinski definition) is 1. The van der Waals surface area contributed by atoms with Crippen molar-refractivity contribution in [2.75, 3.05) is 12.8 Å². The van der Waals surface area contributed by atoms with Gasteiger partial charge in [0.15, 0.2) is 5.82 Å². The highest BCUT2D eigenvalue weighted by molar-refractivity contribution is 7.99. The molecular formula is C10H13N7OS. The van der Waals surface area contributed by atoms with Gasteiger partial charge in [-0.2, -0.15) is 0 Å². The van der Waals surface area contributed by atoms with Crippen LogP contribution in [0.5, 0.6) is 0 Å². The van der Waals surface area contributed by atoms with E-state index in [2.05, 4.69) is 25.5 Å². The van der Waals surface area contributed by atoms with Gasteiger partial charge in [0.2, 0.25) is 5.16 Å². The number of tetrazole rings is 1. The van der Waals surface area contributed by atoms with Crippen molar-refractivity contribution in [1.82, 2.24) is 30.2 Å². The summed E-state index contributed by atoms with van der Waals surface area (Å²) in [5.41, 5.74) is 5.75. The van der Waals surface area contributed by atoms with Crippen molar-refractivity contribution in [3.05, 3.63) is 11.9 Å². The number of nitrogens with two attached hydrogens (primary N) is 1. The molecule has 0 bridgehead atoms. The molecule has 2 aromatic heterocycles. The van der Waals surface area contributed by atoms with Crippen molar-refractivity contribution in [2.24, 2.45) is 0 Å². The topological polar surface area (TPSA) is 105 Å². The van der Waals surface area contributed by atoms with Gasteiger partial charge in [0.05, 0.1) is 6.04 Å². The zero-order chi connectivity index (χ0) is 13.2. The van der Waals surface area contributed by atoms with E-state index in [1.165, 1.54) is 11.8 Å². The van der Waals surface area contributed by atoms with Crippen LogP contribution in [0.15, 0.2) is 16.2 Å². The van der Waals surface area contributed by atoms with Gasteiger partial charge in [0.1, 0.15) is 17.5 Å². The van der Waals surface area contributed by atoms with E-state index in [1.807, 2.05) is 4.68 Å². The molecule has 0 amide bonds. The summed E-state index contributed by atoms with van der Waals surface area (Å²) in [5, 5.41) is 13.1. The van der Waals surface area contributed by atoms with Crippen molar-refractivity contribution >= 4 is 17.6 Å². The lowest BCUT2D eigenvalue weighted by Crippen LogP contribution is -2.03. The van der Waals surface area contributed by atoms with Gasteiger partial charge in [0.25, 0.3) is 0 Å². The Morgan fingerprint density at radius 2 is 2.32 bits per heavy atom. The third-order valence-electron chi connectivity index (χ3n) is 2.59. The first-order valence-corrected chi connectivity index (χ1v) is 6.66. The fraction of sp³-hybridized carbons (Fsp3) is 0.500. The van der Waals surface area contributed by atoms with Crippen molar-refractivity contribution in [2.45, 2.75) is 35.7 Å². The van der Waals surface area contributed by atoms with Gasteiger partial charge >= 0.3 is 0 Å². The molecule has 0 spiro atoms. The van der Waals surface area contributed by atoms with Gasteiger partial charge in [0, 0.05) is 13.2 Å². The largest absolute Gasteiger partial charge is 0.384 e. The molecule has 1 saturated carbocycles. The third-order valence-corrected chi connectivity index (χ3v) is 3.46. The maximum atomic E-state index is 5.75. The second kappa shape index (κ2) is 5.10. The molecule has 100 valence electrons. The third kappa shape index (κ3) is 2.82. The summed E-state index contributed by atoms with van der Waals surface area (Å²) < 4.78 is 6.84. The number of ether oxygens (including phenoxy) is 1. The monoisotopic (exact) mass is 279 g/mol. The minimum atomic E-state index is 0.326. The van der Waals surface area contributed by atoms with Crippen LogP contribution >= 0.6 is 11.8 Å². The van der Waals surface area contributed by atoms with E-state index in [0.29, 0.717) is 24.3 Å². The van der Waals surface area contributed by atoms with Crippen molar-refractivity contribution in [3.63, 3.8) is 0 Å². The predicted octanol–water partition coefficient (Wildman–Crippen LogP) is 0.678. The van der Waals surface area contributed by atoms with Crippen LogP contribution in [-0.4, -0.2) is 37.3 Å². The van der Waals surface area contributed by atoms with Crippen LogP contribution in [0.1, 0.15) is 24.7 Å². The van der Waals surface area contributed by atoms with Gasteiger partial charge in [-0.05, 0) is 35.0 Å². The molecule has 2 N–H and O–H groups in total. The van der Waals surface area contributed by atoms with E-state index in [4.69, 9.17) is 10.5 Å². The first-order valence-electron chi connectivity index (χ1n) is 5.84. The summed E-state index contributed by atoms with van der Waals surface area (Å²) in [6, 6.07) is 2.13. The average Bonchev–Trinajstić information content (AvgIpc) is 3.10. The van der Waals surface area contributed by atoms with Gasteiger partial charge in [-0.3, -0.25) is 0 Å². The summed E-state index contributed by atoms with van der Waals surface area (Å²) in [6.07, 6.45) is 2.25. The van der Waals surface area contributed by atoms with Crippen molar-refractivity contribution in [3.8, 4) is 0 Å². The van der Waals surface area contributed by atoms with Crippen LogP contribution in [0.4, 0.5) is 5.82 Å². The Bertz CT molecular complexity index is 583. The summed E-state index contributed by atoms with van der Waals surface area (Å²) in [7, 11) is 1.59. The minimum Gasteiger partial charge on any atom is -0.384 e. The first kappa shape index (κ1) is 12.3. The molecule has 8 nitrogen and oxygen atoms in total. The summed E-state index contributed by atoms with van der Waals surface area (Å²) in [6.45, 7) is 0.326. The maximum absolute atomic E-state index is 5.75. The van der Waals surface area contributed by atoms with Gasteiger partial charge in [-0.15, -0.1) is 5.10 Å². The molecule has 1 fully saturated rings. The fourth-order valence-corrected chi connectivity index (χ4v) is 2.51. The number of methoxy groups -OCH3 is 1. The van der Waals surface area contributed by atoms with Crippen molar-refractivity contribution in [1.29, 1.82) is 0 Å². The van der Waals surface area contributed by atoms with E-state index in [1.54, 1.807) is 13.2 Å². The Balaban J connectivity index is 1.83. The number of hydrogen-bond acceptors (Lipinski definition) is 8. The standard InChI is InChI=1S/C10H13N7OS/c1-18-5-8-12-7(11)4-9(13-8)19-10-14-15-16-17(10)6-2-3-6/h4,6H,2-3,5H2,1H3,(H2,11,12,13). The number of aromatic nitrogens is 6. The van der Waals surface area contributed by atoms with Crippen LogP contribution < -0.4 is 5.73 Å². The summed E-state index contributed by atoms with van der Waals surface area (Å²) >= 11 is 1.38. The lowest BCUT2D eigenvalue weighted by atomic mass is 10.5. The molecule has 2 aromatic rings. The van der Waals surface area contributed by atoms with E-state index >= 15 is 0 Å². The normalized spacial score (nSPS) is 14.8. The Morgan fingerprint density at radius 1 is 1.47 bits per heavy atom. The maximum Gasteiger partial charge on any atom is 0.215 e. The highest BCUT2D eigenvalue weighted by Gasteiger charge is 2.28. The lowest BCUT2D eigenvalue weighted by Gasteiger charge is -2.05. The highest BCUT2D eigenvalue weighted by atomic mass is 32.2. The Hall–Kier alpha value is -1.74. The number of anilines is 1. The lowest BCUT2D eigenvalue weighted by molar-refractivity contribution is 0.177. The predicted molar refractivity (Wildman–Crippen MR) is 67.4 cm³/mol. The molecule has 0 aromatic carbocycles. The molecule has 9 heteroatoms. The van der Waals surface area contributed by atoms with Crippen LogP contribution in [0.25, 0.3) is 0 Å². The molecule has 19 heavy (non-hydrogen) atoms. The van der Waals surface area contributed by atoms with Gasteiger partial charge < -0.3 is 10.5 Å². The molecule has 3 rings (SSSR count). The Kier molecular flexibility index (Phi) is 3.30. The van der Waals surface area contributed by atoms with Crippen LogP contribution in [0.3, 0.4) is 0 Å². The quantitative estimate of drug-likeness (QED) is 0.796. The SMILES string of the molecule is COCc1nc(N)cc(Sc2nnnn2C2CC2)n1. The van der Waals surface area contributed by atoms with Crippen LogP contribution in [0.2, 0.25) is 0 Å². The fourth-order valence-electron chi connectivity index (χ4n) is 1.63. The van der Waals surface area contributed by atoms with Crippen LogP contribution in [0, 0.1) is 0 Å². The summed E-state index contributed by atoms with van der Waals surface area (Å²) in [5.74, 6) is 0.963. The molecule has 0 saturated heterocycles. The highest BCUT2D eigenvalue weighted by Crippen LogP contribution is 2.37. The van der Waals surface area contributed by atoms with E-state index in [-0.39, 0.29) is 0 Å². The smallest absolute Gasteiger partial charge is 0.215 e. The number of nitrogens with zero attached hydrogens (tertiary/aromatic N) is 6. The molecule has 0 atom stereocenters. The average molecular weight is 279 g/mol. The molecule has 0 radical (unpaired) electrons. The molecule has 1 aliphatic rings. The Morgan fingerprint density at radius 3 is 3.05 bits per heavy atom. The molecule has 1 aliphatic carbocycles. The first-order chi connectivity index (χ1) is 9.26. The van der Waals surface area contributed by atoms with E-state index in [0.717, 1.165) is 23.0 Å². The van der Waals surface area contributed by atoms with E-state index in [9.17, 15) is 0 Å². The van der Waals surface area contributed by atoms with E-state index < -0.39 is 0 Å². The van der Waals surface area contributed by atoms with Crippen molar-refractivity contribution < 1.29 is 4.74 Å². The van der Waals surface area contributed by atoms with Crippen LogP contribution in [-0.2, 0) is 11.3 Å². The second-order valence-electron chi connectivity index (χ2n) is 4.22. The second-order valence-corrected chi connectivity index (χ2v) is 5.21. The Labute approximate surface area is 113 Å². The summed E-state index contributed by atoms with van der Waals surface area (Å²) in [4.78, 5) is 8.45. The van der Waals surface area contributed by atoms with Gasteiger partial charge in [-0.25, -0.2) is 14.6 Å². The molecule has 0 aliphatic heterocycles. The zero-order valence-corrected chi connectivity index (χ0v) is 11.2. The molecule has 0 unspecified atom stereocenters. The number of rotatable bonds is 5. The minimum absolute atomic E-state index is 0.326.